The maximum atomic E-state index is 13.4. The quantitative estimate of drug-likeness (QED) is 0.797. The highest BCUT2D eigenvalue weighted by atomic mass is 19.1. The number of aryl methyl sites for hydroxylation is 1. The summed E-state index contributed by atoms with van der Waals surface area (Å²) in [6, 6.07) is 1.10. The Morgan fingerprint density at radius 3 is 2.67 bits per heavy atom. The SMILES string of the molecule is Cc1ccc(F)c(CC(N)C(=O)O)c1F. The van der Waals surface area contributed by atoms with Crippen molar-refractivity contribution in [2.24, 2.45) is 5.73 Å². The molecule has 15 heavy (non-hydrogen) atoms. The van der Waals surface area contributed by atoms with E-state index in [1.807, 2.05) is 0 Å². The third-order valence-electron chi connectivity index (χ3n) is 2.12. The molecule has 0 aromatic heterocycles. The van der Waals surface area contributed by atoms with Crippen LogP contribution >= 0.6 is 0 Å². The summed E-state index contributed by atoms with van der Waals surface area (Å²) >= 11 is 0. The molecule has 1 atom stereocenters. The molecular weight excluding hydrogens is 204 g/mol. The molecule has 0 radical (unpaired) electrons. The van der Waals surface area contributed by atoms with E-state index in [1.54, 1.807) is 0 Å². The van der Waals surface area contributed by atoms with E-state index in [9.17, 15) is 13.6 Å². The van der Waals surface area contributed by atoms with Gasteiger partial charge in [-0.15, -0.1) is 0 Å². The molecule has 3 nitrogen and oxygen atoms in total. The lowest BCUT2D eigenvalue weighted by molar-refractivity contribution is -0.138. The molecular formula is C10H11F2NO2. The topological polar surface area (TPSA) is 63.3 Å². The van der Waals surface area contributed by atoms with Crippen LogP contribution in [0.15, 0.2) is 12.1 Å². The minimum Gasteiger partial charge on any atom is -0.480 e. The van der Waals surface area contributed by atoms with Gasteiger partial charge >= 0.3 is 5.97 Å². The molecule has 0 saturated heterocycles. The Balaban J connectivity index is 3.03. The highest BCUT2D eigenvalue weighted by Gasteiger charge is 2.18. The number of carbonyl (C=O) groups is 1. The second-order valence-electron chi connectivity index (χ2n) is 3.31. The van der Waals surface area contributed by atoms with E-state index in [2.05, 4.69) is 0 Å². The van der Waals surface area contributed by atoms with Crippen LogP contribution in [0, 0.1) is 18.6 Å². The van der Waals surface area contributed by atoms with Crippen LogP contribution in [0.3, 0.4) is 0 Å². The molecule has 3 N–H and O–H groups in total. The molecule has 0 amide bonds. The van der Waals surface area contributed by atoms with E-state index in [4.69, 9.17) is 10.8 Å². The minimum absolute atomic E-state index is 0.268. The highest BCUT2D eigenvalue weighted by molar-refractivity contribution is 5.73. The van der Waals surface area contributed by atoms with Gasteiger partial charge in [0.2, 0.25) is 0 Å². The first-order chi connectivity index (χ1) is 6.93. The van der Waals surface area contributed by atoms with Crippen LogP contribution in [0.2, 0.25) is 0 Å². The maximum Gasteiger partial charge on any atom is 0.320 e. The Labute approximate surface area is 85.5 Å². The fraction of sp³-hybridized carbons (Fsp3) is 0.300. The fourth-order valence-electron chi connectivity index (χ4n) is 1.21. The molecule has 1 aromatic carbocycles. The molecule has 82 valence electrons. The predicted octanol–water partition coefficient (Wildman–Crippen LogP) is 1.23. The summed E-state index contributed by atoms with van der Waals surface area (Å²) in [7, 11) is 0. The van der Waals surface area contributed by atoms with Gasteiger partial charge in [0.15, 0.2) is 0 Å². The number of hydrogen-bond donors (Lipinski definition) is 2. The van der Waals surface area contributed by atoms with Crippen molar-refractivity contribution in [3.05, 3.63) is 34.9 Å². The van der Waals surface area contributed by atoms with Crippen LogP contribution < -0.4 is 5.73 Å². The maximum absolute atomic E-state index is 13.4. The summed E-state index contributed by atoms with van der Waals surface area (Å²) < 4.78 is 26.6. The Morgan fingerprint density at radius 1 is 1.53 bits per heavy atom. The van der Waals surface area contributed by atoms with Crippen molar-refractivity contribution in [1.29, 1.82) is 0 Å². The van der Waals surface area contributed by atoms with Gasteiger partial charge in [0, 0.05) is 12.0 Å². The normalized spacial score (nSPS) is 12.5. The van der Waals surface area contributed by atoms with Gasteiger partial charge in [-0.1, -0.05) is 6.07 Å². The Morgan fingerprint density at radius 2 is 2.13 bits per heavy atom. The van der Waals surface area contributed by atoms with Gasteiger partial charge in [0.05, 0.1) is 0 Å². The van der Waals surface area contributed by atoms with E-state index < -0.39 is 23.6 Å². The summed E-state index contributed by atoms with van der Waals surface area (Å²) in [6.45, 7) is 1.48. The van der Waals surface area contributed by atoms with Gasteiger partial charge in [-0.2, -0.15) is 0 Å². The van der Waals surface area contributed by atoms with Crippen molar-refractivity contribution in [2.45, 2.75) is 19.4 Å². The van der Waals surface area contributed by atoms with Gasteiger partial charge < -0.3 is 10.8 Å². The predicted molar refractivity (Wildman–Crippen MR) is 50.4 cm³/mol. The van der Waals surface area contributed by atoms with E-state index >= 15 is 0 Å². The van der Waals surface area contributed by atoms with Crippen LogP contribution in [0.5, 0.6) is 0 Å². The molecule has 0 spiro atoms. The van der Waals surface area contributed by atoms with Gasteiger partial charge in [-0.05, 0) is 18.6 Å². The number of nitrogens with two attached hydrogens (primary N) is 1. The van der Waals surface area contributed by atoms with E-state index in [0.717, 1.165) is 6.07 Å². The monoisotopic (exact) mass is 215 g/mol. The molecule has 5 heteroatoms. The zero-order valence-corrected chi connectivity index (χ0v) is 8.13. The Kier molecular flexibility index (Phi) is 3.36. The van der Waals surface area contributed by atoms with Gasteiger partial charge in [0.25, 0.3) is 0 Å². The van der Waals surface area contributed by atoms with Gasteiger partial charge in [-0.3, -0.25) is 4.79 Å². The van der Waals surface area contributed by atoms with E-state index in [1.165, 1.54) is 13.0 Å². The van der Waals surface area contributed by atoms with Gasteiger partial charge in [-0.25, -0.2) is 8.78 Å². The van der Waals surface area contributed by atoms with Crippen molar-refractivity contribution >= 4 is 5.97 Å². The first kappa shape index (κ1) is 11.6. The number of halogens is 2. The number of benzene rings is 1. The third kappa shape index (κ3) is 2.50. The lowest BCUT2D eigenvalue weighted by Crippen LogP contribution is -2.33. The molecule has 0 saturated carbocycles. The molecule has 0 aliphatic rings. The lowest BCUT2D eigenvalue weighted by atomic mass is 10.0. The zero-order chi connectivity index (χ0) is 11.6. The molecule has 0 fully saturated rings. The third-order valence-corrected chi connectivity index (χ3v) is 2.12. The number of aliphatic carboxylic acids is 1. The summed E-state index contributed by atoms with van der Waals surface area (Å²) in [5, 5.41) is 8.52. The summed E-state index contributed by atoms with van der Waals surface area (Å²) in [6.07, 6.45) is -0.353. The average Bonchev–Trinajstić information content (AvgIpc) is 2.18. The first-order valence-electron chi connectivity index (χ1n) is 4.35. The number of carboxylic acids is 1. The Bertz CT molecular complexity index is 393. The second-order valence-corrected chi connectivity index (χ2v) is 3.31. The largest absolute Gasteiger partial charge is 0.480 e. The molecule has 1 aromatic rings. The van der Waals surface area contributed by atoms with Crippen molar-refractivity contribution in [2.75, 3.05) is 0 Å². The Hall–Kier alpha value is -1.49. The molecule has 1 unspecified atom stereocenters. The standard InChI is InChI=1S/C10H11F2NO2/c1-5-2-3-7(11)6(9(5)12)4-8(13)10(14)15/h2-3,8H,4,13H2,1H3,(H,14,15). The molecule has 0 bridgehead atoms. The summed E-state index contributed by atoms with van der Waals surface area (Å²) in [4.78, 5) is 10.4. The lowest BCUT2D eigenvalue weighted by Gasteiger charge is -2.09. The zero-order valence-electron chi connectivity index (χ0n) is 8.13. The first-order valence-corrected chi connectivity index (χ1v) is 4.35. The second kappa shape index (κ2) is 4.35. The smallest absolute Gasteiger partial charge is 0.320 e. The molecule has 0 aliphatic heterocycles. The van der Waals surface area contributed by atoms with E-state index in [-0.39, 0.29) is 17.5 Å². The van der Waals surface area contributed by atoms with Crippen molar-refractivity contribution in [3.63, 3.8) is 0 Å². The number of hydrogen-bond acceptors (Lipinski definition) is 2. The summed E-state index contributed by atoms with van der Waals surface area (Å²) in [5.41, 5.74) is 5.20. The van der Waals surface area contributed by atoms with Crippen molar-refractivity contribution in [1.82, 2.24) is 0 Å². The molecule has 1 rings (SSSR count). The van der Waals surface area contributed by atoms with Crippen LogP contribution in [-0.2, 0) is 11.2 Å². The number of rotatable bonds is 3. The summed E-state index contributed by atoms with van der Waals surface area (Å²) in [5.74, 6) is -2.78. The van der Waals surface area contributed by atoms with Crippen LogP contribution in [-0.4, -0.2) is 17.1 Å². The fourth-order valence-corrected chi connectivity index (χ4v) is 1.21. The van der Waals surface area contributed by atoms with Crippen LogP contribution in [0.4, 0.5) is 8.78 Å². The van der Waals surface area contributed by atoms with Crippen molar-refractivity contribution in [3.8, 4) is 0 Å². The molecule has 0 heterocycles. The van der Waals surface area contributed by atoms with Gasteiger partial charge in [0.1, 0.15) is 17.7 Å². The number of carboxylic acid groups (broad SMARTS) is 1. The minimum atomic E-state index is -1.30. The average molecular weight is 215 g/mol. The van der Waals surface area contributed by atoms with Crippen LogP contribution in [0.25, 0.3) is 0 Å². The highest BCUT2D eigenvalue weighted by Crippen LogP contribution is 2.17. The molecule has 0 aliphatic carbocycles. The van der Waals surface area contributed by atoms with E-state index in [0.29, 0.717) is 0 Å². The van der Waals surface area contributed by atoms with Crippen molar-refractivity contribution < 1.29 is 18.7 Å². The van der Waals surface area contributed by atoms with Crippen LogP contribution in [0.1, 0.15) is 11.1 Å².